The molecule has 0 radical (unpaired) electrons. The third-order valence-corrected chi connectivity index (χ3v) is 3.94. The Morgan fingerprint density at radius 1 is 1.41 bits per heavy atom. The molecule has 0 saturated heterocycles. The highest BCUT2D eigenvalue weighted by Gasteiger charge is 2.10. The molecular formula is C12H9ClN2OS. The molecule has 0 spiro atoms. The first kappa shape index (κ1) is 10.7. The van der Waals surface area contributed by atoms with Crippen LogP contribution in [0.25, 0.3) is 22.4 Å². The number of rotatable bonds is 2. The number of hydrogen-bond acceptors (Lipinski definition) is 4. The molecule has 5 heteroatoms. The largest absolute Gasteiger partial charge is 0.443 e. The van der Waals surface area contributed by atoms with Crippen LogP contribution in [0.15, 0.2) is 29.0 Å². The van der Waals surface area contributed by atoms with Gasteiger partial charge in [-0.2, -0.15) is 0 Å². The molecule has 86 valence electrons. The lowest BCUT2D eigenvalue weighted by molar-refractivity contribution is 0.602. The molecule has 3 nitrogen and oxygen atoms in total. The summed E-state index contributed by atoms with van der Waals surface area (Å²) < 4.78 is 5.29. The molecule has 2 heterocycles. The van der Waals surface area contributed by atoms with E-state index in [0.717, 1.165) is 27.4 Å². The van der Waals surface area contributed by atoms with Crippen molar-refractivity contribution in [2.45, 2.75) is 12.8 Å². The molecule has 0 aliphatic heterocycles. The summed E-state index contributed by atoms with van der Waals surface area (Å²) in [6.45, 7) is 2.05. The van der Waals surface area contributed by atoms with Gasteiger partial charge in [0.15, 0.2) is 12.0 Å². The first-order chi connectivity index (χ1) is 8.28. The molecular weight excluding hydrogens is 256 g/mol. The molecule has 3 rings (SSSR count). The first-order valence-electron chi connectivity index (χ1n) is 5.14. The van der Waals surface area contributed by atoms with E-state index in [1.807, 2.05) is 25.1 Å². The zero-order valence-electron chi connectivity index (χ0n) is 9.11. The van der Waals surface area contributed by atoms with Gasteiger partial charge < -0.3 is 4.42 Å². The lowest BCUT2D eigenvalue weighted by Gasteiger charge is -1.97. The highest BCUT2D eigenvalue weighted by Crippen LogP contribution is 2.30. The molecule has 0 aliphatic carbocycles. The van der Waals surface area contributed by atoms with E-state index in [1.54, 1.807) is 11.3 Å². The van der Waals surface area contributed by atoms with Crippen molar-refractivity contribution in [2.75, 3.05) is 0 Å². The number of oxazole rings is 1. The number of thiazole rings is 1. The Bertz CT molecular complexity index is 674. The van der Waals surface area contributed by atoms with E-state index in [2.05, 4.69) is 9.97 Å². The zero-order valence-corrected chi connectivity index (χ0v) is 10.7. The van der Waals surface area contributed by atoms with Crippen LogP contribution in [-0.2, 0) is 5.88 Å². The number of aromatic nitrogens is 2. The quantitative estimate of drug-likeness (QED) is 0.657. The van der Waals surface area contributed by atoms with E-state index in [9.17, 15) is 0 Å². The SMILES string of the molecule is Cc1sc(CCl)nc1-c1ccc2ncoc2c1. The topological polar surface area (TPSA) is 38.9 Å². The van der Waals surface area contributed by atoms with E-state index in [1.165, 1.54) is 11.3 Å². The maximum atomic E-state index is 5.80. The zero-order chi connectivity index (χ0) is 11.8. The van der Waals surface area contributed by atoms with Crippen molar-refractivity contribution in [1.82, 2.24) is 9.97 Å². The monoisotopic (exact) mass is 264 g/mol. The van der Waals surface area contributed by atoms with Crippen molar-refractivity contribution in [3.63, 3.8) is 0 Å². The van der Waals surface area contributed by atoms with Gasteiger partial charge >= 0.3 is 0 Å². The van der Waals surface area contributed by atoms with Gasteiger partial charge in [-0.25, -0.2) is 9.97 Å². The Balaban J connectivity index is 2.15. The Hall–Kier alpha value is -1.39. The van der Waals surface area contributed by atoms with Gasteiger partial charge in [0.2, 0.25) is 0 Å². The number of halogens is 1. The fourth-order valence-electron chi connectivity index (χ4n) is 1.78. The van der Waals surface area contributed by atoms with Gasteiger partial charge in [-0.1, -0.05) is 6.07 Å². The molecule has 3 aromatic rings. The molecule has 0 unspecified atom stereocenters. The smallest absolute Gasteiger partial charge is 0.181 e. The Morgan fingerprint density at radius 3 is 3.06 bits per heavy atom. The van der Waals surface area contributed by atoms with Crippen LogP contribution >= 0.6 is 22.9 Å². The fraction of sp³-hybridized carbons (Fsp3) is 0.167. The number of alkyl halides is 1. The van der Waals surface area contributed by atoms with Crippen molar-refractivity contribution in [2.24, 2.45) is 0 Å². The maximum absolute atomic E-state index is 5.80. The number of aryl methyl sites for hydroxylation is 1. The van der Waals surface area contributed by atoms with Crippen LogP contribution in [0, 0.1) is 6.92 Å². The first-order valence-corrected chi connectivity index (χ1v) is 6.49. The predicted molar refractivity (Wildman–Crippen MR) is 69.4 cm³/mol. The van der Waals surface area contributed by atoms with Gasteiger partial charge in [0.1, 0.15) is 10.5 Å². The van der Waals surface area contributed by atoms with Crippen molar-refractivity contribution in [3.05, 3.63) is 34.5 Å². The maximum Gasteiger partial charge on any atom is 0.181 e. The summed E-state index contributed by atoms with van der Waals surface area (Å²) >= 11 is 7.42. The Morgan fingerprint density at radius 2 is 2.29 bits per heavy atom. The minimum absolute atomic E-state index is 0.454. The van der Waals surface area contributed by atoms with Crippen molar-refractivity contribution >= 4 is 34.0 Å². The van der Waals surface area contributed by atoms with Crippen LogP contribution in [0.2, 0.25) is 0 Å². The van der Waals surface area contributed by atoms with Gasteiger partial charge in [-0.05, 0) is 19.1 Å². The van der Waals surface area contributed by atoms with Gasteiger partial charge in [-0.3, -0.25) is 0 Å². The van der Waals surface area contributed by atoms with Gasteiger partial charge in [0, 0.05) is 10.4 Å². The number of hydrogen-bond donors (Lipinski definition) is 0. The Kier molecular flexibility index (Phi) is 2.61. The molecule has 1 aromatic carbocycles. The second-order valence-electron chi connectivity index (χ2n) is 3.68. The average molecular weight is 265 g/mol. The molecule has 0 atom stereocenters. The highest BCUT2D eigenvalue weighted by molar-refractivity contribution is 7.12. The molecule has 0 fully saturated rings. The molecule has 0 amide bonds. The second-order valence-corrected chi connectivity index (χ2v) is 5.24. The van der Waals surface area contributed by atoms with E-state index in [-0.39, 0.29) is 0 Å². The summed E-state index contributed by atoms with van der Waals surface area (Å²) in [6.07, 6.45) is 1.45. The standard InChI is InChI=1S/C12H9ClN2OS/c1-7-12(15-11(5-13)17-7)8-2-3-9-10(4-8)16-6-14-9/h2-4,6H,5H2,1H3. The van der Waals surface area contributed by atoms with E-state index >= 15 is 0 Å². The van der Waals surface area contributed by atoms with Crippen LogP contribution in [0.4, 0.5) is 0 Å². The van der Waals surface area contributed by atoms with Crippen LogP contribution in [0.1, 0.15) is 9.88 Å². The van der Waals surface area contributed by atoms with Crippen LogP contribution in [0.3, 0.4) is 0 Å². The normalized spacial score (nSPS) is 11.2. The summed E-state index contributed by atoms with van der Waals surface area (Å²) in [5, 5.41) is 0.942. The highest BCUT2D eigenvalue weighted by atomic mass is 35.5. The predicted octanol–water partition coefficient (Wildman–Crippen LogP) is 4.00. The van der Waals surface area contributed by atoms with E-state index in [0.29, 0.717) is 5.88 Å². The molecule has 0 saturated carbocycles. The number of nitrogens with zero attached hydrogens (tertiary/aromatic N) is 2. The fourth-order valence-corrected chi connectivity index (χ4v) is 2.81. The lowest BCUT2D eigenvalue weighted by Crippen LogP contribution is -1.81. The van der Waals surface area contributed by atoms with Crippen molar-refractivity contribution < 1.29 is 4.42 Å². The number of fused-ring (bicyclic) bond motifs is 1. The summed E-state index contributed by atoms with van der Waals surface area (Å²) in [6, 6.07) is 5.90. The lowest BCUT2D eigenvalue weighted by atomic mass is 10.1. The second kappa shape index (κ2) is 4.13. The molecule has 0 N–H and O–H groups in total. The molecule has 2 aromatic heterocycles. The third kappa shape index (κ3) is 1.83. The summed E-state index contributed by atoms with van der Waals surface area (Å²) in [7, 11) is 0. The number of benzene rings is 1. The minimum Gasteiger partial charge on any atom is -0.443 e. The molecule has 0 bridgehead atoms. The average Bonchev–Trinajstić information content (AvgIpc) is 2.93. The summed E-state index contributed by atoms with van der Waals surface area (Å²) in [5.74, 6) is 0.454. The molecule has 0 aliphatic rings. The van der Waals surface area contributed by atoms with Crippen molar-refractivity contribution in [3.8, 4) is 11.3 Å². The van der Waals surface area contributed by atoms with E-state index in [4.69, 9.17) is 16.0 Å². The summed E-state index contributed by atoms with van der Waals surface area (Å²) in [5.41, 5.74) is 3.66. The molecule has 17 heavy (non-hydrogen) atoms. The van der Waals surface area contributed by atoms with Gasteiger partial charge in [-0.15, -0.1) is 22.9 Å². The summed E-state index contributed by atoms with van der Waals surface area (Å²) in [4.78, 5) is 9.77. The van der Waals surface area contributed by atoms with Crippen LogP contribution in [-0.4, -0.2) is 9.97 Å². The van der Waals surface area contributed by atoms with Gasteiger partial charge in [0.25, 0.3) is 0 Å². The van der Waals surface area contributed by atoms with Crippen LogP contribution in [0.5, 0.6) is 0 Å². The van der Waals surface area contributed by atoms with Crippen LogP contribution < -0.4 is 0 Å². The van der Waals surface area contributed by atoms with Gasteiger partial charge in [0.05, 0.1) is 11.6 Å². The van der Waals surface area contributed by atoms with Crippen molar-refractivity contribution in [1.29, 1.82) is 0 Å². The third-order valence-electron chi connectivity index (χ3n) is 2.56. The minimum atomic E-state index is 0.454. The van der Waals surface area contributed by atoms with E-state index < -0.39 is 0 Å². The Labute approximate surface area is 107 Å².